The minimum absolute atomic E-state index is 0.0325. The van der Waals surface area contributed by atoms with Gasteiger partial charge in [0.15, 0.2) is 5.78 Å². The second kappa shape index (κ2) is 11.2. The maximum Gasteiger partial charge on any atom is 0.251 e. The second-order valence-corrected chi connectivity index (χ2v) is 12.2. The van der Waals surface area contributed by atoms with E-state index in [-0.39, 0.29) is 47.4 Å². The van der Waals surface area contributed by atoms with Crippen LogP contribution in [0.1, 0.15) is 64.2 Å². The smallest absolute Gasteiger partial charge is 0.251 e. The number of rotatable bonds is 8. The van der Waals surface area contributed by atoms with Crippen molar-refractivity contribution in [2.24, 2.45) is 17.1 Å². The van der Waals surface area contributed by atoms with Crippen LogP contribution in [0.15, 0.2) is 24.3 Å². The number of likely N-dealkylation sites (tertiary alicyclic amines) is 2. The zero-order valence-corrected chi connectivity index (χ0v) is 23.3. The van der Waals surface area contributed by atoms with Crippen LogP contribution in [0.2, 0.25) is 0 Å². The normalized spacial score (nSPS) is 21.2. The molecule has 1 unspecified atom stereocenters. The van der Waals surface area contributed by atoms with Crippen molar-refractivity contribution in [1.29, 1.82) is 0 Å². The predicted octanol–water partition coefficient (Wildman–Crippen LogP) is 2.04. The van der Waals surface area contributed by atoms with E-state index in [2.05, 4.69) is 5.32 Å². The molecule has 1 aromatic carbocycles. The van der Waals surface area contributed by atoms with E-state index in [9.17, 15) is 19.2 Å². The van der Waals surface area contributed by atoms with Gasteiger partial charge in [-0.05, 0) is 54.9 Å². The summed E-state index contributed by atoms with van der Waals surface area (Å²) in [6.45, 7) is 10.4. The van der Waals surface area contributed by atoms with Crippen LogP contribution in [-0.2, 0) is 14.4 Å². The first-order chi connectivity index (χ1) is 17.2. The number of anilines is 1. The third kappa shape index (κ3) is 6.69. The minimum atomic E-state index is -0.763. The van der Waals surface area contributed by atoms with Gasteiger partial charge < -0.3 is 25.8 Å². The summed E-state index contributed by atoms with van der Waals surface area (Å²) in [6.07, 6.45) is 1.47. The second-order valence-electron chi connectivity index (χ2n) is 12.2. The SMILES string of the molecule is CC(C)C[C@H](NC(=O)c1ccc(N(C)C)cc1)C(=O)N1CCC2[C@H]1C(=O)CN2C(=O)[C@@H](N)CC(C)(C)C. The lowest BCUT2D eigenvalue weighted by molar-refractivity contribution is -0.138. The van der Waals surface area contributed by atoms with Crippen LogP contribution in [-0.4, -0.2) is 84.7 Å². The molecule has 37 heavy (non-hydrogen) atoms. The van der Waals surface area contributed by atoms with Gasteiger partial charge in [-0.2, -0.15) is 0 Å². The van der Waals surface area contributed by atoms with Crippen LogP contribution in [0, 0.1) is 11.3 Å². The molecule has 2 saturated heterocycles. The van der Waals surface area contributed by atoms with E-state index in [1.54, 1.807) is 21.9 Å². The van der Waals surface area contributed by atoms with Crippen molar-refractivity contribution in [2.45, 2.75) is 78.0 Å². The van der Waals surface area contributed by atoms with Crippen molar-refractivity contribution >= 4 is 29.2 Å². The molecule has 0 aliphatic carbocycles. The first-order valence-corrected chi connectivity index (χ1v) is 13.2. The zero-order valence-electron chi connectivity index (χ0n) is 23.3. The molecule has 2 aliphatic rings. The minimum Gasteiger partial charge on any atom is -0.378 e. The van der Waals surface area contributed by atoms with Gasteiger partial charge in [0.2, 0.25) is 11.8 Å². The lowest BCUT2D eigenvalue weighted by Crippen LogP contribution is -2.53. The van der Waals surface area contributed by atoms with Crippen molar-refractivity contribution < 1.29 is 19.2 Å². The van der Waals surface area contributed by atoms with Gasteiger partial charge in [-0.25, -0.2) is 0 Å². The lowest BCUT2D eigenvalue weighted by atomic mass is 9.88. The molecule has 0 radical (unpaired) electrons. The number of ketones is 1. The number of nitrogens with two attached hydrogens (primary N) is 1. The van der Waals surface area contributed by atoms with Crippen molar-refractivity contribution in [1.82, 2.24) is 15.1 Å². The van der Waals surface area contributed by atoms with Crippen molar-refractivity contribution in [2.75, 3.05) is 32.1 Å². The highest BCUT2D eigenvalue weighted by molar-refractivity contribution is 6.01. The van der Waals surface area contributed by atoms with Crippen molar-refractivity contribution in [3.8, 4) is 0 Å². The molecule has 3 N–H and O–H groups in total. The maximum absolute atomic E-state index is 13.7. The standard InChI is InChI=1S/C28H43N5O4/c1-17(2)14-21(30-25(35)18-8-10-19(11-9-18)31(6)7)27(37)32-13-12-22-24(32)23(34)16-33(22)26(36)20(29)15-28(3,4)5/h8-11,17,20-22,24H,12-16,29H2,1-7H3,(H,30,35)/t20-,21-,22?,24-/m0/s1. The van der Waals surface area contributed by atoms with E-state index >= 15 is 0 Å². The summed E-state index contributed by atoms with van der Waals surface area (Å²) < 4.78 is 0. The molecule has 4 atom stereocenters. The monoisotopic (exact) mass is 513 g/mol. The Bertz CT molecular complexity index is 1010. The first-order valence-electron chi connectivity index (χ1n) is 13.2. The van der Waals surface area contributed by atoms with Crippen LogP contribution in [0.3, 0.4) is 0 Å². The summed E-state index contributed by atoms with van der Waals surface area (Å²) in [6, 6.07) is 4.66. The van der Waals surface area contributed by atoms with Crippen LogP contribution >= 0.6 is 0 Å². The number of nitrogens with zero attached hydrogens (tertiary/aromatic N) is 3. The number of benzene rings is 1. The zero-order chi connectivity index (χ0) is 27.7. The third-order valence-electron chi connectivity index (χ3n) is 7.09. The Morgan fingerprint density at radius 1 is 1.08 bits per heavy atom. The molecule has 2 fully saturated rings. The highest BCUT2D eigenvalue weighted by Gasteiger charge is 2.52. The van der Waals surface area contributed by atoms with Gasteiger partial charge in [0, 0.05) is 31.9 Å². The maximum atomic E-state index is 13.7. The van der Waals surface area contributed by atoms with Crippen molar-refractivity contribution in [3.63, 3.8) is 0 Å². The fourth-order valence-corrected chi connectivity index (χ4v) is 5.36. The molecule has 1 aromatic rings. The van der Waals surface area contributed by atoms with Crippen LogP contribution in [0.5, 0.6) is 0 Å². The lowest BCUT2D eigenvalue weighted by Gasteiger charge is -2.30. The summed E-state index contributed by atoms with van der Waals surface area (Å²) in [5.41, 5.74) is 7.53. The fraction of sp³-hybridized carbons (Fsp3) is 0.643. The summed E-state index contributed by atoms with van der Waals surface area (Å²) in [5.74, 6) is -0.847. The summed E-state index contributed by atoms with van der Waals surface area (Å²) in [4.78, 5) is 58.0. The van der Waals surface area contributed by atoms with E-state index in [1.807, 2.05) is 65.7 Å². The molecule has 2 aliphatic heterocycles. The van der Waals surface area contributed by atoms with Gasteiger partial charge in [0.1, 0.15) is 12.1 Å². The van der Waals surface area contributed by atoms with Crippen LogP contribution < -0.4 is 16.0 Å². The van der Waals surface area contributed by atoms with Crippen LogP contribution in [0.25, 0.3) is 0 Å². The van der Waals surface area contributed by atoms with E-state index in [4.69, 9.17) is 5.73 Å². The highest BCUT2D eigenvalue weighted by Crippen LogP contribution is 2.32. The molecule has 9 nitrogen and oxygen atoms in total. The van der Waals surface area contributed by atoms with Gasteiger partial charge in [-0.3, -0.25) is 19.2 Å². The largest absolute Gasteiger partial charge is 0.378 e. The average Bonchev–Trinajstić information content (AvgIpc) is 3.37. The van der Waals surface area contributed by atoms with E-state index in [0.717, 1.165) is 5.69 Å². The molecule has 204 valence electrons. The number of nitrogens with one attached hydrogen (secondary N) is 1. The molecular weight excluding hydrogens is 470 g/mol. The van der Waals surface area contributed by atoms with Crippen LogP contribution in [0.4, 0.5) is 5.69 Å². The van der Waals surface area contributed by atoms with E-state index in [1.165, 1.54) is 0 Å². The summed E-state index contributed by atoms with van der Waals surface area (Å²) in [7, 11) is 3.85. The number of fused-ring (bicyclic) bond motifs is 1. The molecular formula is C28H43N5O4. The third-order valence-corrected chi connectivity index (χ3v) is 7.09. The number of carbonyl (C=O) groups is 4. The van der Waals surface area contributed by atoms with E-state index in [0.29, 0.717) is 31.4 Å². The first kappa shape index (κ1) is 28.6. The molecule has 2 heterocycles. The number of Topliss-reactive ketones (excluding diaryl/α,β-unsaturated/α-hetero) is 1. The van der Waals surface area contributed by atoms with Gasteiger partial charge in [0.05, 0.1) is 18.6 Å². The predicted molar refractivity (Wildman–Crippen MR) is 144 cm³/mol. The number of amides is 3. The molecule has 0 saturated carbocycles. The number of carbonyl (C=O) groups excluding carboxylic acids is 4. The Labute approximate surface area is 220 Å². The van der Waals surface area contributed by atoms with Gasteiger partial charge in [-0.1, -0.05) is 34.6 Å². The Hall–Kier alpha value is -2.94. The fourth-order valence-electron chi connectivity index (χ4n) is 5.36. The number of hydrogen-bond donors (Lipinski definition) is 2. The Balaban J connectivity index is 1.74. The number of hydrogen-bond acceptors (Lipinski definition) is 6. The Morgan fingerprint density at radius 3 is 2.24 bits per heavy atom. The molecule has 0 aromatic heterocycles. The molecule has 3 rings (SSSR count). The quantitative estimate of drug-likeness (QED) is 0.550. The molecule has 3 amide bonds. The van der Waals surface area contributed by atoms with Crippen molar-refractivity contribution in [3.05, 3.63) is 29.8 Å². The molecule has 0 bridgehead atoms. The Morgan fingerprint density at radius 2 is 1.70 bits per heavy atom. The van der Waals surface area contributed by atoms with Gasteiger partial charge >= 0.3 is 0 Å². The van der Waals surface area contributed by atoms with E-state index < -0.39 is 18.1 Å². The van der Waals surface area contributed by atoms with Gasteiger partial charge in [-0.15, -0.1) is 0 Å². The Kier molecular flexibility index (Phi) is 8.67. The van der Waals surface area contributed by atoms with Gasteiger partial charge in [0.25, 0.3) is 5.91 Å². The summed E-state index contributed by atoms with van der Waals surface area (Å²) in [5, 5.41) is 2.91. The highest BCUT2D eigenvalue weighted by atomic mass is 16.2. The molecule has 9 heteroatoms. The molecule has 0 spiro atoms. The average molecular weight is 514 g/mol. The summed E-state index contributed by atoms with van der Waals surface area (Å²) >= 11 is 0. The topological polar surface area (TPSA) is 116 Å².